The number of fused-ring (bicyclic) bond motifs is 3. The predicted molar refractivity (Wildman–Crippen MR) is 385 cm³/mol. The van der Waals surface area contributed by atoms with Gasteiger partial charge in [-0.1, -0.05) is 237 Å². The number of aromatic hydroxyl groups is 2. The second-order valence-corrected chi connectivity index (χ2v) is 26.6. The zero-order chi connectivity index (χ0) is 71.8. The third-order valence-corrected chi connectivity index (χ3v) is 15.2. The van der Waals surface area contributed by atoms with E-state index in [9.17, 15) is 57.1 Å². The molecule has 3 heterocycles. The lowest BCUT2D eigenvalue weighted by atomic mass is 10.00. The number of halogens is 1. The Hall–Kier alpha value is -12.4. The maximum atomic E-state index is 13.7. The summed E-state index contributed by atoms with van der Waals surface area (Å²) >= 11 is 0. The van der Waals surface area contributed by atoms with Crippen LogP contribution in [0.4, 0.5) is 0 Å². The van der Waals surface area contributed by atoms with Crippen molar-refractivity contribution in [3.05, 3.63) is 288 Å². The van der Waals surface area contributed by atoms with E-state index in [1.165, 1.54) is 0 Å². The molecule has 0 aliphatic carbocycles. The number of pyridine rings is 3. The van der Waals surface area contributed by atoms with Crippen molar-refractivity contribution in [2.75, 3.05) is 12.5 Å². The molecule has 502 valence electrons. The second-order valence-electron chi connectivity index (χ2n) is 21.9. The van der Waals surface area contributed by atoms with Crippen LogP contribution in [0.25, 0.3) is 66.5 Å². The minimum absolute atomic E-state index is 0.0343. The van der Waals surface area contributed by atoms with Crippen LogP contribution in [-0.4, -0.2) is 77.4 Å². The van der Waals surface area contributed by atoms with Gasteiger partial charge in [-0.05, 0) is 34.9 Å². The first-order chi connectivity index (χ1) is 48.1. The van der Waals surface area contributed by atoms with Gasteiger partial charge in [0, 0.05) is 49.6 Å². The van der Waals surface area contributed by atoms with Gasteiger partial charge in [0.05, 0.1) is 89.7 Å². The number of rotatable bonds is 16. The Morgan fingerprint density at radius 1 is 0.450 bits per heavy atom. The highest BCUT2D eigenvalue weighted by Gasteiger charge is 2.29. The fraction of sp³-hybridized carbons (Fsp3) is 0.104. The monoisotopic (exact) mass is 1390 g/mol. The third kappa shape index (κ3) is 20.1. The van der Waals surface area contributed by atoms with Gasteiger partial charge >= 0.3 is 16.1 Å². The minimum atomic E-state index is -4.00. The lowest BCUT2D eigenvalue weighted by Gasteiger charge is -2.20. The molecule has 7 N–H and O–H groups in total. The largest absolute Gasteiger partial charge is 0.505 e. The number of para-hydroxylation sites is 3. The Morgan fingerprint density at radius 2 is 0.740 bits per heavy atom. The average molecular weight is 1390 g/mol. The molecular formula is C77H64ClN9O11S2. The van der Waals surface area contributed by atoms with E-state index < -0.39 is 49.0 Å². The smallest absolute Gasteiger partial charge is 0.340 e. The lowest BCUT2D eigenvalue weighted by Crippen LogP contribution is -2.29. The van der Waals surface area contributed by atoms with Crippen LogP contribution < -0.4 is 20.6 Å². The Labute approximate surface area is 582 Å². The van der Waals surface area contributed by atoms with Crippen molar-refractivity contribution in [1.82, 2.24) is 25.6 Å². The summed E-state index contributed by atoms with van der Waals surface area (Å²) in [6, 6.07) is 81.3. The number of nitrogens with one attached hydrogen (secondary N) is 2. The van der Waals surface area contributed by atoms with E-state index in [0.717, 1.165) is 29.2 Å². The number of hydrogen-bond acceptors (Lipinski definition) is 17. The van der Waals surface area contributed by atoms with Crippen molar-refractivity contribution in [3.8, 4) is 69.2 Å². The first-order valence-electron chi connectivity index (χ1n) is 30.6. The van der Waals surface area contributed by atoms with Gasteiger partial charge in [0.15, 0.2) is 17.2 Å². The van der Waals surface area contributed by atoms with E-state index in [0.29, 0.717) is 61.5 Å². The Bertz CT molecular complexity index is 5200. The summed E-state index contributed by atoms with van der Waals surface area (Å²) in [5, 5.41) is 64.8. The molecule has 0 unspecified atom stereocenters. The number of carboxylic acids is 1. The van der Waals surface area contributed by atoms with E-state index in [4.69, 9.17) is 15.2 Å². The van der Waals surface area contributed by atoms with Gasteiger partial charge in [-0.15, -0.1) is 0 Å². The van der Waals surface area contributed by atoms with Gasteiger partial charge in [-0.2, -0.15) is 24.2 Å². The van der Waals surface area contributed by atoms with Crippen molar-refractivity contribution in [3.63, 3.8) is 0 Å². The summed E-state index contributed by atoms with van der Waals surface area (Å²) < 4.78 is 48.6. The predicted octanol–water partition coefficient (Wildman–Crippen LogP) is 14.7. The van der Waals surface area contributed by atoms with Crippen LogP contribution in [-0.2, 0) is 19.2 Å². The molecule has 0 fully saturated rings. The maximum absolute atomic E-state index is 13.7. The quantitative estimate of drug-likeness (QED) is 0.0386. The molecule has 0 saturated carbocycles. The van der Waals surface area contributed by atoms with Crippen LogP contribution in [0.1, 0.15) is 85.2 Å². The molecule has 3 aromatic heterocycles. The molecule has 12 rings (SSSR count). The van der Waals surface area contributed by atoms with E-state index in [1.54, 1.807) is 97.1 Å². The Balaban J connectivity index is 0.000000175. The van der Waals surface area contributed by atoms with Crippen molar-refractivity contribution in [1.29, 1.82) is 15.8 Å². The fourth-order valence-corrected chi connectivity index (χ4v) is 10.8. The van der Waals surface area contributed by atoms with Crippen LogP contribution in [0.3, 0.4) is 0 Å². The molecule has 3 atom stereocenters. The Morgan fingerprint density at radius 3 is 1.10 bits per heavy atom. The van der Waals surface area contributed by atoms with Crippen molar-refractivity contribution in [2.45, 2.75) is 37.4 Å². The lowest BCUT2D eigenvalue weighted by molar-refractivity contribution is 0.0695. The highest BCUT2D eigenvalue weighted by Crippen LogP contribution is 2.40. The zero-order valence-electron chi connectivity index (χ0n) is 53.7. The summed E-state index contributed by atoms with van der Waals surface area (Å²) in [5.41, 5.74) is 12.9. The number of aromatic carboxylic acids is 1. The number of aromatic nitrogens is 3. The first kappa shape index (κ1) is 73.4. The first-order valence-corrected chi connectivity index (χ1v) is 35.1. The summed E-state index contributed by atoms with van der Waals surface area (Å²) in [5.74, 6) is -2.83. The maximum Gasteiger partial charge on any atom is 0.340 e. The molecule has 0 bridgehead atoms. The number of carbonyl (C=O) groups excluding carboxylic acids is 2. The van der Waals surface area contributed by atoms with E-state index in [2.05, 4.69) is 48.4 Å². The van der Waals surface area contributed by atoms with Crippen LogP contribution >= 0.6 is 10.7 Å². The van der Waals surface area contributed by atoms with Gasteiger partial charge in [-0.25, -0.2) is 28.2 Å². The fourth-order valence-electron chi connectivity index (χ4n) is 10.3. The minimum Gasteiger partial charge on any atom is -0.505 e. The van der Waals surface area contributed by atoms with E-state index in [1.807, 2.05) is 164 Å². The number of nitrogens with two attached hydrogens (primary N) is 1. The molecule has 12 aromatic rings. The zero-order valence-corrected chi connectivity index (χ0v) is 56.1. The summed E-state index contributed by atoms with van der Waals surface area (Å²) in [7, 11) is -2.69. The topological polar surface area (TPSA) is 350 Å². The molecule has 0 aliphatic rings. The molecule has 0 aliphatic heterocycles. The number of nitrogens with zero attached hydrogens (tertiary/aromatic N) is 6. The molecule has 0 saturated heterocycles. The number of nitriles is 3. The van der Waals surface area contributed by atoms with Crippen LogP contribution in [0.15, 0.2) is 255 Å². The Kier molecular flexibility index (Phi) is 25.7. The number of carbonyl (C=O) groups is 3. The van der Waals surface area contributed by atoms with Gasteiger partial charge in [0.1, 0.15) is 22.6 Å². The van der Waals surface area contributed by atoms with Crippen molar-refractivity contribution < 1.29 is 50.7 Å². The number of benzene rings is 9. The molecule has 20 nitrogen and oxygen atoms in total. The number of amides is 2. The standard InChI is InChI=1S/C26H21N3O4S.C25H19N3O2.C16H11NO3.C9H10N2.CH3ClO2S/c1-34(31,32)33-25-23(26(30)29-21(16-17-27)18-10-4-2-5-11-18)20-14-8-9-15-22(20)28-24(25)19-12-6-3-7-13-19;26-16-15-20(17-9-3-1-4-10-17)28-25(30)22-19-13-7-8-14-21(19)27-23(24(22)29)18-11-5-2-6-12-18;18-15-13(16(19)20)11-8-4-5-9-12(11)17-14(15)10-6-2-1-3-7-10;10-7-6-9(11)8-4-2-1-3-5-8;1-5(2,3)4/h2-15,21H,16H2,1H3,(H,29,30);1-14,20,29H,15H2,(H,28,30);1-9,18H,(H,19,20);1-5,9H,6,11H2;1H3/t21-;20-;;9-;/m00.0./s1. The SMILES string of the molecule is CS(=O)(=O)Cl.CS(=O)(=O)Oc1c(-c2ccccc2)nc2ccccc2c1C(=O)N[C@@H](CC#N)c1ccccc1.N#CC[C@H](N)c1ccccc1.N#CC[C@H](NC(=O)c1c(O)c(-c2ccccc2)nc2ccccc12)c1ccccc1.O=C(O)c1c(O)c(-c2ccccc2)nc2ccccc12. The van der Waals surface area contributed by atoms with Gasteiger partial charge < -0.3 is 35.9 Å². The molecule has 23 heteroatoms. The average Bonchev–Trinajstić information content (AvgIpc) is 0.782. The molecule has 9 aromatic carbocycles. The van der Waals surface area contributed by atoms with E-state index >= 15 is 0 Å². The van der Waals surface area contributed by atoms with E-state index in [-0.39, 0.29) is 64.2 Å². The van der Waals surface area contributed by atoms with Gasteiger partial charge in [0.2, 0.25) is 9.05 Å². The van der Waals surface area contributed by atoms with Gasteiger partial charge in [0.25, 0.3) is 11.8 Å². The second kappa shape index (κ2) is 35.1. The van der Waals surface area contributed by atoms with Crippen LogP contribution in [0.5, 0.6) is 17.2 Å². The third-order valence-electron chi connectivity index (χ3n) is 14.8. The molecule has 0 radical (unpaired) electrons. The van der Waals surface area contributed by atoms with Crippen LogP contribution in [0, 0.1) is 34.0 Å². The normalized spacial score (nSPS) is 11.6. The van der Waals surface area contributed by atoms with Gasteiger partial charge in [-0.3, -0.25) is 9.59 Å². The summed E-state index contributed by atoms with van der Waals surface area (Å²) in [6.45, 7) is 0. The highest BCUT2D eigenvalue weighted by atomic mass is 35.7. The molecule has 0 spiro atoms. The van der Waals surface area contributed by atoms with Crippen LogP contribution in [0.2, 0.25) is 0 Å². The number of hydrogen-bond donors (Lipinski definition) is 6. The summed E-state index contributed by atoms with van der Waals surface area (Å²) in [4.78, 5) is 52.0. The summed E-state index contributed by atoms with van der Waals surface area (Å²) in [6.07, 6.45) is 2.37. The molecule has 100 heavy (non-hydrogen) atoms. The molecule has 2 amide bonds. The van der Waals surface area contributed by atoms with Crippen molar-refractivity contribution >= 4 is 80.3 Å². The number of carboxylic acid groups (broad SMARTS) is 1. The molecular weight excluding hydrogens is 1330 g/mol. The highest BCUT2D eigenvalue weighted by molar-refractivity contribution is 8.13. The van der Waals surface area contributed by atoms with Crippen molar-refractivity contribution in [2.24, 2.45) is 5.73 Å².